The lowest BCUT2D eigenvalue weighted by atomic mass is 9.96. The first-order valence-electron chi connectivity index (χ1n) is 6.42. The molecule has 0 spiro atoms. The zero-order valence-electron chi connectivity index (χ0n) is 10.1. The predicted molar refractivity (Wildman–Crippen MR) is 72.7 cm³/mol. The molecule has 2 atom stereocenters. The number of nitriles is 1. The van der Waals surface area contributed by atoms with Crippen molar-refractivity contribution in [3.63, 3.8) is 0 Å². The largest absolute Gasteiger partial charge is 0.364 e. The number of rotatable bonds is 1. The Balaban J connectivity index is 1.99. The molecule has 94 valence electrons. The van der Waals surface area contributed by atoms with Crippen LogP contribution in [0.4, 0.5) is 5.69 Å². The van der Waals surface area contributed by atoms with Crippen LogP contribution in [-0.2, 0) is 0 Å². The quantitative estimate of drug-likeness (QED) is 0.846. The standard InChI is InChI=1S/C14H16ClN3/c15-10-1-4-14(9(5-10)8-16)18-12-2-3-13(18)7-11(17)6-12/h1,4-5,11-13H,2-3,6-7,17H2. The van der Waals surface area contributed by atoms with Crippen molar-refractivity contribution < 1.29 is 0 Å². The molecule has 2 fully saturated rings. The molecule has 0 saturated carbocycles. The average Bonchev–Trinajstić information content (AvgIpc) is 2.62. The lowest BCUT2D eigenvalue weighted by Crippen LogP contribution is -2.47. The number of anilines is 1. The van der Waals surface area contributed by atoms with E-state index in [0.717, 1.165) is 18.5 Å². The molecule has 2 heterocycles. The molecule has 2 aliphatic heterocycles. The third-order valence-electron chi connectivity index (χ3n) is 4.13. The number of piperidine rings is 1. The lowest BCUT2D eigenvalue weighted by molar-refractivity contribution is 0.414. The third-order valence-corrected chi connectivity index (χ3v) is 4.36. The molecule has 0 aliphatic carbocycles. The summed E-state index contributed by atoms with van der Waals surface area (Å²) >= 11 is 5.96. The Bertz CT molecular complexity index is 494. The second-order valence-electron chi connectivity index (χ2n) is 5.30. The molecule has 18 heavy (non-hydrogen) atoms. The second kappa shape index (κ2) is 4.46. The van der Waals surface area contributed by atoms with Gasteiger partial charge in [-0.05, 0) is 43.9 Å². The fourth-order valence-electron chi connectivity index (χ4n) is 3.44. The fourth-order valence-corrected chi connectivity index (χ4v) is 3.61. The highest BCUT2D eigenvalue weighted by molar-refractivity contribution is 6.30. The van der Waals surface area contributed by atoms with E-state index in [1.54, 1.807) is 6.07 Å². The fraction of sp³-hybridized carbons (Fsp3) is 0.500. The lowest BCUT2D eigenvalue weighted by Gasteiger charge is -2.39. The van der Waals surface area contributed by atoms with E-state index in [1.807, 2.05) is 12.1 Å². The van der Waals surface area contributed by atoms with Gasteiger partial charge < -0.3 is 10.6 Å². The van der Waals surface area contributed by atoms with E-state index in [0.29, 0.717) is 28.7 Å². The second-order valence-corrected chi connectivity index (χ2v) is 5.73. The van der Waals surface area contributed by atoms with Gasteiger partial charge in [0.15, 0.2) is 0 Å². The molecule has 2 saturated heterocycles. The van der Waals surface area contributed by atoms with Crippen molar-refractivity contribution in [3.8, 4) is 6.07 Å². The summed E-state index contributed by atoms with van der Waals surface area (Å²) in [5.41, 5.74) is 7.78. The van der Waals surface area contributed by atoms with E-state index in [9.17, 15) is 5.26 Å². The maximum absolute atomic E-state index is 9.26. The molecule has 0 amide bonds. The van der Waals surface area contributed by atoms with Crippen molar-refractivity contribution in [2.75, 3.05) is 4.90 Å². The molecular formula is C14H16ClN3. The maximum atomic E-state index is 9.26. The maximum Gasteiger partial charge on any atom is 0.101 e. The smallest absolute Gasteiger partial charge is 0.101 e. The Labute approximate surface area is 112 Å². The van der Waals surface area contributed by atoms with Gasteiger partial charge in [0.05, 0.1) is 11.3 Å². The summed E-state index contributed by atoms with van der Waals surface area (Å²) in [6.07, 6.45) is 4.44. The van der Waals surface area contributed by atoms with Crippen LogP contribution >= 0.6 is 11.6 Å². The van der Waals surface area contributed by atoms with Gasteiger partial charge in [0, 0.05) is 23.1 Å². The molecule has 2 unspecified atom stereocenters. The molecule has 2 aliphatic rings. The zero-order valence-corrected chi connectivity index (χ0v) is 10.9. The van der Waals surface area contributed by atoms with Gasteiger partial charge >= 0.3 is 0 Å². The summed E-state index contributed by atoms with van der Waals surface area (Å²) in [6.45, 7) is 0. The van der Waals surface area contributed by atoms with E-state index in [2.05, 4.69) is 11.0 Å². The Hall–Kier alpha value is -1.24. The molecule has 0 aromatic heterocycles. The minimum absolute atomic E-state index is 0.316. The van der Waals surface area contributed by atoms with Gasteiger partial charge in [-0.15, -0.1) is 0 Å². The molecule has 3 nitrogen and oxygen atoms in total. The van der Waals surface area contributed by atoms with Crippen molar-refractivity contribution in [1.82, 2.24) is 0 Å². The van der Waals surface area contributed by atoms with Crippen LogP contribution < -0.4 is 10.6 Å². The van der Waals surface area contributed by atoms with Gasteiger partial charge in [-0.2, -0.15) is 5.26 Å². The van der Waals surface area contributed by atoms with Gasteiger partial charge in [-0.3, -0.25) is 0 Å². The molecule has 3 rings (SSSR count). The molecule has 2 bridgehead atoms. The van der Waals surface area contributed by atoms with Crippen LogP contribution in [0.15, 0.2) is 18.2 Å². The van der Waals surface area contributed by atoms with Crippen LogP contribution in [0.1, 0.15) is 31.2 Å². The zero-order chi connectivity index (χ0) is 12.7. The number of fused-ring (bicyclic) bond motifs is 2. The van der Waals surface area contributed by atoms with Gasteiger partial charge in [-0.1, -0.05) is 11.6 Å². The van der Waals surface area contributed by atoms with Crippen LogP contribution in [0.5, 0.6) is 0 Å². The molecule has 0 radical (unpaired) electrons. The van der Waals surface area contributed by atoms with Crippen LogP contribution in [0.2, 0.25) is 5.02 Å². The van der Waals surface area contributed by atoms with Gasteiger partial charge in [-0.25, -0.2) is 0 Å². The van der Waals surface area contributed by atoms with Crippen LogP contribution in [-0.4, -0.2) is 18.1 Å². The minimum Gasteiger partial charge on any atom is -0.364 e. The van der Waals surface area contributed by atoms with E-state index < -0.39 is 0 Å². The summed E-state index contributed by atoms with van der Waals surface area (Å²) in [7, 11) is 0. The topological polar surface area (TPSA) is 53.0 Å². The SMILES string of the molecule is N#Cc1cc(Cl)ccc1N1C2CCC1CC(N)C2. The number of nitrogens with two attached hydrogens (primary N) is 1. The van der Waals surface area contributed by atoms with Crippen molar-refractivity contribution >= 4 is 17.3 Å². The first kappa shape index (κ1) is 11.8. The first-order valence-corrected chi connectivity index (χ1v) is 6.80. The van der Waals surface area contributed by atoms with Gasteiger partial charge in [0.1, 0.15) is 6.07 Å². The van der Waals surface area contributed by atoms with E-state index in [-0.39, 0.29) is 0 Å². The van der Waals surface area contributed by atoms with Crippen LogP contribution in [0, 0.1) is 11.3 Å². The monoisotopic (exact) mass is 261 g/mol. The highest BCUT2D eigenvalue weighted by atomic mass is 35.5. The average molecular weight is 262 g/mol. The number of nitrogens with zero attached hydrogens (tertiary/aromatic N) is 2. The Morgan fingerprint density at radius 2 is 1.94 bits per heavy atom. The summed E-state index contributed by atoms with van der Waals surface area (Å²) in [5.74, 6) is 0. The van der Waals surface area contributed by atoms with Gasteiger partial charge in [0.25, 0.3) is 0 Å². The Kier molecular flexibility index (Phi) is 2.93. The summed E-state index contributed by atoms with van der Waals surface area (Å²) in [6, 6.07) is 9.15. The molecule has 1 aromatic rings. The van der Waals surface area contributed by atoms with E-state index in [1.165, 1.54) is 12.8 Å². The Morgan fingerprint density at radius 3 is 2.56 bits per heavy atom. The number of halogens is 1. The number of hydrogen-bond acceptors (Lipinski definition) is 3. The number of hydrogen-bond donors (Lipinski definition) is 1. The number of benzene rings is 1. The first-order chi connectivity index (χ1) is 8.69. The van der Waals surface area contributed by atoms with Crippen molar-refractivity contribution in [2.24, 2.45) is 5.73 Å². The van der Waals surface area contributed by atoms with Crippen LogP contribution in [0.3, 0.4) is 0 Å². The Morgan fingerprint density at radius 1 is 1.28 bits per heavy atom. The highest BCUT2D eigenvalue weighted by Gasteiger charge is 2.40. The van der Waals surface area contributed by atoms with E-state index >= 15 is 0 Å². The van der Waals surface area contributed by atoms with E-state index in [4.69, 9.17) is 17.3 Å². The molecule has 1 aromatic carbocycles. The van der Waals surface area contributed by atoms with Crippen molar-refractivity contribution in [3.05, 3.63) is 28.8 Å². The summed E-state index contributed by atoms with van der Waals surface area (Å²) in [4.78, 5) is 2.40. The minimum atomic E-state index is 0.316. The molecule has 4 heteroatoms. The van der Waals surface area contributed by atoms with Gasteiger partial charge in [0.2, 0.25) is 0 Å². The van der Waals surface area contributed by atoms with Crippen LogP contribution in [0.25, 0.3) is 0 Å². The normalized spacial score (nSPS) is 30.3. The highest BCUT2D eigenvalue weighted by Crippen LogP contribution is 2.40. The summed E-state index contributed by atoms with van der Waals surface area (Å²) in [5, 5.41) is 9.88. The van der Waals surface area contributed by atoms with Crippen molar-refractivity contribution in [2.45, 2.75) is 43.8 Å². The third kappa shape index (κ3) is 1.86. The predicted octanol–water partition coefficient (Wildman–Crippen LogP) is 2.67. The molecule has 2 N–H and O–H groups in total. The van der Waals surface area contributed by atoms with Crippen molar-refractivity contribution in [1.29, 1.82) is 5.26 Å². The summed E-state index contributed by atoms with van der Waals surface area (Å²) < 4.78 is 0. The molecular weight excluding hydrogens is 246 g/mol.